The quantitative estimate of drug-likeness (QED) is 0.589. The molecule has 0 aliphatic rings. The first kappa shape index (κ1) is 19.8. The first-order chi connectivity index (χ1) is 12.2. The van der Waals surface area contributed by atoms with E-state index >= 15 is 0 Å². The number of Topliss-reactive ketones (excluding diaryl/α,β-unsaturated/α-hetero) is 1. The first-order valence-corrected chi connectivity index (χ1v) is 8.54. The lowest BCUT2D eigenvalue weighted by Gasteiger charge is -2.14. The van der Waals surface area contributed by atoms with Gasteiger partial charge in [-0.3, -0.25) is 4.79 Å². The van der Waals surface area contributed by atoms with Crippen molar-refractivity contribution in [3.63, 3.8) is 0 Å². The Bertz CT molecular complexity index is 829. The molecule has 1 N–H and O–H groups in total. The summed E-state index contributed by atoms with van der Waals surface area (Å²) in [6.07, 6.45) is -1.03. The van der Waals surface area contributed by atoms with Gasteiger partial charge in [0.25, 0.3) is 0 Å². The van der Waals surface area contributed by atoms with E-state index in [1.165, 1.54) is 32.2 Å². The molecule has 6 heteroatoms. The molecule has 0 amide bonds. The van der Waals surface area contributed by atoms with Gasteiger partial charge in [-0.2, -0.15) is 0 Å². The number of aromatic hydroxyl groups is 1. The number of phenols is 1. The highest BCUT2D eigenvalue weighted by Crippen LogP contribution is 2.27. The van der Waals surface area contributed by atoms with Gasteiger partial charge in [-0.1, -0.05) is 31.5 Å². The fourth-order valence-corrected chi connectivity index (χ4v) is 2.67. The molecule has 0 spiro atoms. The van der Waals surface area contributed by atoms with Gasteiger partial charge in [-0.05, 0) is 48.7 Å². The lowest BCUT2D eigenvalue weighted by Crippen LogP contribution is -2.24. The van der Waals surface area contributed by atoms with Gasteiger partial charge in [0.15, 0.2) is 6.10 Å². The second-order valence-corrected chi connectivity index (χ2v) is 6.60. The average Bonchev–Trinajstić information content (AvgIpc) is 2.60. The molecule has 0 aromatic heterocycles. The second-order valence-electron chi connectivity index (χ2n) is 6.19. The molecule has 2 aromatic rings. The van der Waals surface area contributed by atoms with Crippen LogP contribution in [0.3, 0.4) is 0 Å². The molecule has 2 aromatic carbocycles. The average molecular weight is 377 g/mol. The van der Waals surface area contributed by atoms with Crippen molar-refractivity contribution in [1.29, 1.82) is 0 Å². The van der Waals surface area contributed by atoms with Crippen LogP contribution >= 0.6 is 11.6 Å². The van der Waals surface area contributed by atoms with Gasteiger partial charge in [0, 0.05) is 5.56 Å². The van der Waals surface area contributed by atoms with Crippen molar-refractivity contribution in [2.75, 3.05) is 7.11 Å². The smallest absolute Gasteiger partial charge is 0.342 e. The van der Waals surface area contributed by atoms with Crippen molar-refractivity contribution >= 4 is 23.4 Å². The van der Waals surface area contributed by atoms with Crippen molar-refractivity contribution in [3.8, 4) is 11.5 Å². The van der Waals surface area contributed by atoms with Crippen molar-refractivity contribution in [1.82, 2.24) is 0 Å². The van der Waals surface area contributed by atoms with Crippen LogP contribution < -0.4 is 4.74 Å². The highest BCUT2D eigenvalue weighted by Gasteiger charge is 2.23. The standard InChI is InChI=1S/C20H21ClO5/c1-11(2)13-5-7-15(17(22)10-13)20(24)26-12(3)19(23)14-6-8-18(25-4)16(21)9-14/h5-12,22H,1-4H3. The molecule has 0 aliphatic carbocycles. The van der Waals surface area contributed by atoms with E-state index in [-0.39, 0.29) is 17.2 Å². The van der Waals surface area contributed by atoms with Crippen LogP contribution in [-0.4, -0.2) is 30.1 Å². The Balaban J connectivity index is 2.13. The third kappa shape index (κ3) is 4.35. The van der Waals surface area contributed by atoms with Crippen LogP contribution in [0.2, 0.25) is 5.02 Å². The third-order valence-electron chi connectivity index (χ3n) is 4.00. The molecule has 26 heavy (non-hydrogen) atoms. The minimum Gasteiger partial charge on any atom is -0.507 e. The Morgan fingerprint density at radius 3 is 2.31 bits per heavy atom. The summed E-state index contributed by atoms with van der Waals surface area (Å²) in [6.45, 7) is 5.43. The number of carbonyl (C=O) groups is 2. The fraction of sp³-hybridized carbons (Fsp3) is 0.300. The molecule has 0 radical (unpaired) electrons. The molecule has 138 valence electrons. The third-order valence-corrected chi connectivity index (χ3v) is 4.29. The lowest BCUT2D eigenvalue weighted by atomic mass is 10.0. The molecule has 0 saturated carbocycles. The van der Waals surface area contributed by atoms with Gasteiger partial charge >= 0.3 is 5.97 Å². The molecule has 0 fully saturated rings. The van der Waals surface area contributed by atoms with E-state index in [1.54, 1.807) is 18.2 Å². The van der Waals surface area contributed by atoms with Crippen LogP contribution in [0.15, 0.2) is 36.4 Å². The summed E-state index contributed by atoms with van der Waals surface area (Å²) in [5, 5.41) is 10.3. The van der Waals surface area contributed by atoms with Gasteiger partial charge in [-0.25, -0.2) is 4.79 Å². The molecule has 0 bridgehead atoms. The van der Waals surface area contributed by atoms with E-state index < -0.39 is 17.9 Å². The summed E-state index contributed by atoms with van der Waals surface area (Å²) in [6, 6.07) is 9.34. The predicted molar refractivity (Wildman–Crippen MR) is 99.4 cm³/mol. The Hall–Kier alpha value is -2.53. The van der Waals surface area contributed by atoms with Crippen molar-refractivity contribution < 1.29 is 24.2 Å². The van der Waals surface area contributed by atoms with Gasteiger partial charge < -0.3 is 14.6 Å². The number of benzene rings is 2. The van der Waals surface area contributed by atoms with E-state index in [4.69, 9.17) is 21.1 Å². The molecule has 2 rings (SSSR count). The molecule has 0 heterocycles. The molecule has 1 unspecified atom stereocenters. The van der Waals surface area contributed by atoms with Crippen molar-refractivity contribution in [3.05, 3.63) is 58.1 Å². The maximum atomic E-state index is 12.5. The summed E-state index contributed by atoms with van der Waals surface area (Å²) >= 11 is 6.02. The van der Waals surface area contributed by atoms with Crippen LogP contribution in [0, 0.1) is 0 Å². The number of halogens is 1. The highest BCUT2D eigenvalue weighted by atomic mass is 35.5. The molecular weight excluding hydrogens is 356 g/mol. The number of carbonyl (C=O) groups excluding carboxylic acids is 2. The predicted octanol–water partition coefficient (Wildman–Crippen LogP) is 4.61. The summed E-state index contributed by atoms with van der Waals surface area (Å²) < 4.78 is 10.3. The molecule has 1 atom stereocenters. The zero-order valence-electron chi connectivity index (χ0n) is 15.1. The minimum absolute atomic E-state index is 0.0156. The summed E-state index contributed by atoms with van der Waals surface area (Å²) in [7, 11) is 1.48. The monoisotopic (exact) mass is 376 g/mol. The zero-order valence-corrected chi connectivity index (χ0v) is 15.8. The number of esters is 1. The van der Waals surface area contributed by atoms with Crippen LogP contribution in [0.1, 0.15) is 53.0 Å². The Morgan fingerprint density at radius 2 is 1.77 bits per heavy atom. The molecule has 0 saturated heterocycles. The number of ketones is 1. The maximum Gasteiger partial charge on any atom is 0.342 e. The number of methoxy groups -OCH3 is 1. The summed E-state index contributed by atoms with van der Waals surface area (Å²) in [5.74, 6) is -0.679. The Morgan fingerprint density at radius 1 is 1.08 bits per heavy atom. The Labute approximate surface area is 157 Å². The highest BCUT2D eigenvalue weighted by molar-refractivity contribution is 6.32. The largest absolute Gasteiger partial charge is 0.507 e. The van der Waals surface area contributed by atoms with Gasteiger partial charge in [0.1, 0.15) is 17.1 Å². The van der Waals surface area contributed by atoms with Gasteiger partial charge in [0.2, 0.25) is 5.78 Å². The van der Waals surface area contributed by atoms with Crippen molar-refractivity contribution in [2.45, 2.75) is 32.8 Å². The van der Waals surface area contributed by atoms with E-state index in [0.29, 0.717) is 16.3 Å². The van der Waals surface area contributed by atoms with Crippen LogP contribution in [0.4, 0.5) is 0 Å². The SMILES string of the molecule is COc1ccc(C(=O)C(C)OC(=O)c2ccc(C(C)C)cc2O)cc1Cl. The molecule has 5 nitrogen and oxygen atoms in total. The zero-order chi connectivity index (χ0) is 19.4. The fourth-order valence-electron chi connectivity index (χ4n) is 2.41. The minimum atomic E-state index is -1.03. The van der Waals surface area contributed by atoms with Crippen molar-refractivity contribution in [2.24, 2.45) is 0 Å². The maximum absolute atomic E-state index is 12.5. The van der Waals surface area contributed by atoms with E-state index in [1.807, 2.05) is 13.8 Å². The van der Waals surface area contributed by atoms with Crippen LogP contribution in [-0.2, 0) is 4.74 Å². The van der Waals surface area contributed by atoms with E-state index in [2.05, 4.69) is 0 Å². The lowest BCUT2D eigenvalue weighted by molar-refractivity contribution is 0.0316. The summed E-state index contributed by atoms with van der Waals surface area (Å²) in [5.41, 5.74) is 1.22. The number of hydrogen-bond donors (Lipinski definition) is 1. The summed E-state index contributed by atoms with van der Waals surface area (Å²) in [4.78, 5) is 24.7. The first-order valence-electron chi connectivity index (χ1n) is 8.16. The topological polar surface area (TPSA) is 72.8 Å². The second kappa shape index (κ2) is 8.23. The number of rotatable bonds is 6. The number of hydrogen-bond acceptors (Lipinski definition) is 5. The molecular formula is C20H21ClO5. The van der Waals surface area contributed by atoms with E-state index in [0.717, 1.165) is 5.56 Å². The van der Waals surface area contributed by atoms with Gasteiger partial charge in [0.05, 0.1) is 12.1 Å². The van der Waals surface area contributed by atoms with E-state index in [9.17, 15) is 14.7 Å². The number of phenolic OH excluding ortho intramolecular Hbond substituents is 1. The normalized spacial score (nSPS) is 11.9. The van der Waals surface area contributed by atoms with Crippen LogP contribution in [0.5, 0.6) is 11.5 Å². The number of ether oxygens (including phenoxy) is 2. The Kier molecular flexibility index (Phi) is 6.27. The van der Waals surface area contributed by atoms with Crippen LogP contribution in [0.25, 0.3) is 0 Å². The molecule has 0 aliphatic heterocycles. The van der Waals surface area contributed by atoms with Gasteiger partial charge in [-0.15, -0.1) is 0 Å².